The van der Waals surface area contributed by atoms with Gasteiger partial charge in [-0.15, -0.1) is 0 Å². The van der Waals surface area contributed by atoms with E-state index in [0.717, 1.165) is 31.1 Å². The molecule has 392 valence electrons. The Bertz CT molecular complexity index is 3050. The number of carbonyl (C=O) groups excluding carboxylic acids is 3. The fourth-order valence-corrected chi connectivity index (χ4v) is 9.67. The molecule has 0 atom stereocenters. The Hall–Kier alpha value is -7.31. The minimum Gasteiger partial charge on any atom is -0.444 e. The molecule has 4 N–H and O–H groups in total. The van der Waals surface area contributed by atoms with E-state index < -0.39 is 18.0 Å². The number of hydrogen-bond acceptors (Lipinski definition) is 11. The van der Waals surface area contributed by atoms with E-state index in [4.69, 9.17) is 9.15 Å². The minimum absolute atomic E-state index is 0.0470. The van der Waals surface area contributed by atoms with E-state index in [-0.39, 0.29) is 41.0 Å². The molecule has 4 heterocycles. The molecule has 3 aliphatic rings. The van der Waals surface area contributed by atoms with Crippen LogP contribution in [0.5, 0.6) is 0 Å². The molecule has 16 nitrogen and oxygen atoms in total. The summed E-state index contributed by atoms with van der Waals surface area (Å²) in [7, 11) is 1.79. The van der Waals surface area contributed by atoms with Crippen molar-refractivity contribution < 1.29 is 32.3 Å². The van der Waals surface area contributed by atoms with E-state index in [1.807, 2.05) is 30.5 Å². The first-order chi connectivity index (χ1) is 36.6. The fourth-order valence-electron chi connectivity index (χ4n) is 9.67. The summed E-state index contributed by atoms with van der Waals surface area (Å²) in [5, 5.41) is 22.3. The van der Waals surface area contributed by atoms with Gasteiger partial charge in [-0.2, -0.15) is 10.2 Å². The SMILES string of the molecule is CN(CCCOCCCNC(=O)c1ccc(CNCc2ccc(-c3ccc4c(cnn4CC4CC4)c3)cc2)cc1)C(=O)[C@H]1CC[C@H](n2cc(NC(=O)c3coc(-c4ccnc(NCC5CC5)c4)n3)c(C(F)F)n2)CC1. The van der Waals surface area contributed by atoms with Crippen molar-refractivity contribution in [1.82, 2.24) is 45.1 Å². The second kappa shape index (κ2) is 23.9. The number of alkyl halides is 2. The Morgan fingerprint density at radius 3 is 2.31 bits per heavy atom. The molecule has 7 aromatic rings. The first-order valence-electron chi connectivity index (χ1n) is 26.4. The summed E-state index contributed by atoms with van der Waals surface area (Å²) in [5.41, 5.74) is 6.40. The van der Waals surface area contributed by atoms with Gasteiger partial charge in [-0.05, 0) is 135 Å². The van der Waals surface area contributed by atoms with Gasteiger partial charge in [0.15, 0.2) is 11.4 Å². The molecule has 0 bridgehead atoms. The van der Waals surface area contributed by atoms with Crippen molar-refractivity contribution in [2.75, 3.05) is 50.5 Å². The van der Waals surface area contributed by atoms with Gasteiger partial charge < -0.3 is 35.3 Å². The summed E-state index contributed by atoms with van der Waals surface area (Å²) in [6, 6.07) is 26.2. The van der Waals surface area contributed by atoms with Gasteiger partial charge in [-0.3, -0.25) is 23.7 Å². The third-order valence-electron chi connectivity index (χ3n) is 14.5. The van der Waals surface area contributed by atoms with Crippen LogP contribution in [0.15, 0.2) is 108 Å². The Kier molecular flexibility index (Phi) is 16.3. The second-order valence-corrected chi connectivity index (χ2v) is 20.3. The van der Waals surface area contributed by atoms with Crippen LogP contribution in [0.4, 0.5) is 20.3 Å². The van der Waals surface area contributed by atoms with E-state index in [0.29, 0.717) is 94.2 Å². The molecule has 4 aromatic heterocycles. The summed E-state index contributed by atoms with van der Waals surface area (Å²) >= 11 is 0. The van der Waals surface area contributed by atoms with E-state index in [1.54, 1.807) is 30.3 Å². The molecule has 0 unspecified atom stereocenters. The molecular weight excluding hydrogens is 957 g/mol. The van der Waals surface area contributed by atoms with Crippen LogP contribution < -0.4 is 21.3 Å². The predicted molar refractivity (Wildman–Crippen MR) is 282 cm³/mol. The van der Waals surface area contributed by atoms with Crippen molar-refractivity contribution in [3.63, 3.8) is 0 Å². The highest BCUT2D eigenvalue weighted by Crippen LogP contribution is 2.37. The summed E-state index contributed by atoms with van der Waals surface area (Å²) in [6.07, 6.45) is 12.0. The zero-order valence-corrected chi connectivity index (χ0v) is 42.4. The maximum absolute atomic E-state index is 14.2. The van der Waals surface area contributed by atoms with Crippen molar-refractivity contribution in [1.29, 1.82) is 0 Å². The molecule has 3 aliphatic carbocycles. The van der Waals surface area contributed by atoms with E-state index >= 15 is 0 Å². The van der Waals surface area contributed by atoms with Crippen LogP contribution in [0.25, 0.3) is 33.5 Å². The number of fused-ring (bicyclic) bond motifs is 1. The van der Waals surface area contributed by atoms with Crippen LogP contribution in [0.2, 0.25) is 0 Å². The van der Waals surface area contributed by atoms with Gasteiger partial charge in [-0.1, -0.05) is 42.5 Å². The Morgan fingerprint density at radius 2 is 1.56 bits per heavy atom. The number of ether oxygens (including phenoxy) is 1. The van der Waals surface area contributed by atoms with E-state index in [1.165, 1.54) is 70.4 Å². The normalized spacial score (nSPS) is 16.6. The standard InChI is InChI=1S/C57H65F2N11O5/c1-68(57(73)43-16-19-47(20-17-43)69-35-48(52(67-69)53(58)59)65-55(72)49-36-75-56(66-49)45-22-24-61-51(29-45)63-32-39-4-5-39)25-3-27-74-26-2-23-62-54(71)42-14-10-38(11-15-42)31-60-30-37-8-12-41(13-9-37)44-18-21-50-46(28-44)33-64-70(50)34-40-6-7-40/h8-15,18,21-22,24,28-29,33,35-36,39-40,43,47,53,60H,2-7,16-17,19-20,23,25-27,30-32,34H2,1H3,(H,61,63)(H,62,71)(H,65,72)/t43-,47-. The summed E-state index contributed by atoms with van der Waals surface area (Å²) < 4.78 is 43.4. The lowest BCUT2D eigenvalue weighted by molar-refractivity contribution is -0.135. The fraction of sp³-hybridized carbons (Fsp3) is 0.421. The number of amides is 3. The number of pyridine rings is 1. The van der Waals surface area contributed by atoms with Crippen molar-refractivity contribution in [3.8, 4) is 22.6 Å². The average molecular weight is 1020 g/mol. The number of oxazole rings is 1. The highest BCUT2D eigenvalue weighted by atomic mass is 19.3. The van der Waals surface area contributed by atoms with Crippen LogP contribution in [-0.4, -0.2) is 92.0 Å². The van der Waals surface area contributed by atoms with Crippen molar-refractivity contribution in [2.45, 2.75) is 96.3 Å². The van der Waals surface area contributed by atoms with Gasteiger partial charge in [0.25, 0.3) is 18.2 Å². The molecule has 0 aliphatic heterocycles. The van der Waals surface area contributed by atoms with Gasteiger partial charge in [0.2, 0.25) is 11.8 Å². The maximum atomic E-state index is 14.2. The van der Waals surface area contributed by atoms with Gasteiger partial charge >= 0.3 is 0 Å². The van der Waals surface area contributed by atoms with Crippen molar-refractivity contribution in [3.05, 3.63) is 132 Å². The molecule has 10 rings (SSSR count). The lowest BCUT2D eigenvalue weighted by atomic mass is 9.85. The zero-order chi connectivity index (χ0) is 51.7. The number of carbonyl (C=O) groups is 3. The lowest BCUT2D eigenvalue weighted by Crippen LogP contribution is -2.36. The quantitative estimate of drug-likeness (QED) is 0.0399. The molecule has 3 amide bonds. The predicted octanol–water partition coefficient (Wildman–Crippen LogP) is 10.1. The Balaban J connectivity index is 0.579. The summed E-state index contributed by atoms with van der Waals surface area (Å²) in [5.74, 6) is 1.36. The monoisotopic (exact) mass is 1020 g/mol. The Morgan fingerprint density at radius 1 is 0.827 bits per heavy atom. The smallest absolute Gasteiger partial charge is 0.284 e. The molecular formula is C57H65F2N11O5. The van der Waals surface area contributed by atoms with Crippen LogP contribution in [0.3, 0.4) is 0 Å². The largest absolute Gasteiger partial charge is 0.444 e. The van der Waals surface area contributed by atoms with Gasteiger partial charge in [0.05, 0.1) is 23.4 Å². The molecule has 0 spiro atoms. The molecule has 3 aromatic carbocycles. The summed E-state index contributed by atoms with van der Waals surface area (Å²) in [4.78, 5) is 49.7. The molecule has 0 saturated heterocycles. The molecule has 3 saturated carbocycles. The van der Waals surface area contributed by atoms with Crippen LogP contribution in [0.1, 0.15) is 114 Å². The molecule has 18 heteroatoms. The third-order valence-corrected chi connectivity index (χ3v) is 14.5. The maximum Gasteiger partial charge on any atom is 0.284 e. The molecule has 0 radical (unpaired) electrons. The summed E-state index contributed by atoms with van der Waals surface area (Å²) in [6.45, 7) is 5.24. The highest BCUT2D eigenvalue weighted by Gasteiger charge is 2.31. The van der Waals surface area contributed by atoms with Gasteiger partial charge in [-0.25, -0.2) is 18.7 Å². The third kappa shape index (κ3) is 13.5. The minimum atomic E-state index is -2.92. The number of hydrogen-bond donors (Lipinski definition) is 4. The lowest BCUT2D eigenvalue weighted by Gasteiger charge is -2.30. The van der Waals surface area contributed by atoms with E-state index in [2.05, 4.69) is 88.6 Å². The molecule has 3 fully saturated rings. The van der Waals surface area contributed by atoms with Crippen LogP contribution in [0, 0.1) is 17.8 Å². The molecule has 75 heavy (non-hydrogen) atoms. The zero-order valence-electron chi connectivity index (χ0n) is 42.4. The number of nitrogens with one attached hydrogen (secondary N) is 4. The topological polar surface area (TPSA) is 186 Å². The number of halogens is 2. The number of benzene rings is 3. The van der Waals surface area contributed by atoms with E-state index in [9.17, 15) is 23.2 Å². The van der Waals surface area contributed by atoms with Crippen LogP contribution in [-0.2, 0) is 29.2 Å². The Labute approximate surface area is 435 Å². The van der Waals surface area contributed by atoms with Crippen molar-refractivity contribution >= 4 is 40.1 Å². The van der Waals surface area contributed by atoms with Gasteiger partial charge in [0.1, 0.15) is 12.1 Å². The first kappa shape index (κ1) is 51.2. The van der Waals surface area contributed by atoms with Gasteiger partial charge in [0, 0.05) is 94.4 Å². The van der Waals surface area contributed by atoms with Crippen LogP contribution >= 0.6 is 0 Å². The number of nitrogens with zero attached hydrogens (tertiary/aromatic N) is 7. The average Bonchev–Trinajstić information content (AvgIpc) is 4.30. The van der Waals surface area contributed by atoms with Crippen molar-refractivity contribution in [2.24, 2.45) is 17.8 Å². The second-order valence-electron chi connectivity index (χ2n) is 20.3. The first-order valence-corrected chi connectivity index (χ1v) is 26.4. The number of anilines is 2. The number of aromatic nitrogens is 6. The highest BCUT2D eigenvalue weighted by molar-refractivity contribution is 6.03. The number of rotatable bonds is 25.